The second-order valence-corrected chi connectivity index (χ2v) is 5.85. The van der Waals surface area contributed by atoms with Crippen molar-refractivity contribution in [3.05, 3.63) is 40.7 Å². The molecule has 0 saturated heterocycles. The molecule has 2 heterocycles. The fraction of sp³-hybridized carbons (Fsp3) is 0.154. The van der Waals surface area contributed by atoms with E-state index in [1.165, 1.54) is 11.3 Å². The van der Waals surface area contributed by atoms with Gasteiger partial charge < -0.3 is 0 Å². The predicted octanol–water partition coefficient (Wildman–Crippen LogP) is 3.24. The first kappa shape index (κ1) is 13.1. The Morgan fingerprint density at radius 2 is 2.20 bits per heavy atom. The van der Waals surface area contributed by atoms with Crippen LogP contribution >= 0.6 is 22.9 Å². The van der Waals surface area contributed by atoms with Gasteiger partial charge in [-0.1, -0.05) is 22.9 Å². The Morgan fingerprint density at radius 1 is 1.40 bits per heavy atom. The number of benzene rings is 1. The summed E-state index contributed by atoms with van der Waals surface area (Å²) >= 11 is 7.32. The number of aromatic nitrogens is 3. The van der Waals surface area contributed by atoms with Crippen molar-refractivity contribution in [1.29, 1.82) is 0 Å². The van der Waals surface area contributed by atoms with Crippen LogP contribution in [0.25, 0.3) is 10.2 Å². The predicted molar refractivity (Wildman–Crippen MR) is 80.5 cm³/mol. The maximum atomic E-state index is 12.2. The van der Waals surface area contributed by atoms with E-state index >= 15 is 0 Å². The smallest absolute Gasteiger partial charge is 0.275 e. The number of hydrogen-bond acceptors (Lipinski definition) is 4. The van der Waals surface area contributed by atoms with E-state index < -0.39 is 0 Å². The van der Waals surface area contributed by atoms with Crippen LogP contribution in [0.1, 0.15) is 16.2 Å². The molecular formula is C13H11ClN4OS. The third kappa shape index (κ3) is 2.39. The molecule has 1 N–H and O–H groups in total. The molecule has 0 unspecified atom stereocenters. The first-order valence-electron chi connectivity index (χ1n) is 5.91. The number of thiazole rings is 1. The van der Waals surface area contributed by atoms with Gasteiger partial charge in [-0.3, -0.25) is 14.8 Å². The lowest BCUT2D eigenvalue weighted by molar-refractivity contribution is 0.101. The average Bonchev–Trinajstić information content (AvgIpc) is 2.91. The monoisotopic (exact) mass is 306 g/mol. The summed E-state index contributed by atoms with van der Waals surface area (Å²) in [5.41, 5.74) is 2.12. The number of nitrogens with zero attached hydrogens (tertiary/aromatic N) is 3. The molecule has 1 amide bonds. The van der Waals surface area contributed by atoms with Crippen LogP contribution in [-0.4, -0.2) is 20.7 Å². The number of hydrogen-bond donors (Lipinski definition) is 1. The average molecular weight is 307 g/mol. The Hall–Kier alpha value is -1.92. The van der Waals surface area contributed by atoms with Crippen LogP contribution in [0.4, 0.5) is 5.13 Å². The second-order valence-electron chi connectivity index (χ2n) is 4.38. The molecule has 20 heavy (non-hydrogen) atoms. The Labute approximate surface area is 124 Å². The summed E-state index contributed by atoms with van der Waals surface area (Å²) in [7, 11) is 1.74. The molecule has 0 saturated carbocycles. The van der Waals surface area contributed by atoms with Crippen LogP contribution in [0.15, 0.2) is 24.3 Å². The van der Waals surface area contributed by atoms with E-state index in [1.54, 1.807) is 23.9 Å². The topological polar surface area (TPSA) is 59.8 Å². The molecule has 0 aliphatic carbocycles. The Morgan fingerprint density at radius 3 is 2.90 bits per heavy atom. The largest absolute Gasteiger partial charge is 0.296 e. The van der Waals surface area contributed by atoms with Crippen molar-refractivity contribution in [3.8, 4) is 0 Å². The SMILES string of the molecule is Cc1cc(C(=O)Nc2nc3ccc(Cl)cc3s2)n(C)n1. The first-order chi connectivity index (χ1) is 9.52. The number of halogens is 1. The lowest BCUT2D eigenvalue weighted by atomic mass is 10.3. The van der Waals surface area contributed by atoms with Crippen molar-refractivity contribution in [2.45, 2.75) is 6.92 Å². The van der Waals surface area contributed by atoms with Crippen molar-refractivity contribution < 1.29 is 4.79 Å². The number of rotatable bonds is 2. The summed E-state index contributed by atoms with van der Waals surface area (Å²) in [4.78, 5) is 16.5. The number of aryl methyl sites for hydroxylation is 2. The van der Waals surface area contributed by atoms with Gasteiger partial charge in [-0.15, -0.1) is 0 Å². The van der Waals surface area contributed by atoms with Crippen LogP contribution in [0.2, 0.25) is 5.02 Å². The highest BCUT2D eigenvalue weighted by Gasteiger charge is 2.14. The molecule has 0 aliphatic heterocycles. The Balaban J connectivity index is 1.89. The van der Waals surface area contributed by atoms with Crippen LogP contribution < -0.4 is 5.32 Å². The molecule has 3 rings (SSSR count). The number of nitrogens with one attached hydrogen (secondary N) is 1. The van der Waals surface area contributed by atoms with Crippen LogP contribution in [0, 0.1) is 6.92 Å². The quantitative estimate of drug-likeness (QED) is 0.790. The van der Waals surface area contributed by atoms with Crippen LogP contribution in [0.3, 0.4) is 0 Å². The minimum Gasteiger partial charge on any atom is -0.296 e. The first-order valence-corrected chi connectivity index (χ1v) is 7.10. The molecule has 1 aromatic carbocycles. The zero-order valence-corrected chi connectivity index (χ0v) is 12.4. The van der Waals surface area contributed by atoms with Crippen molar-refractivity contribution in [1.82, 2.24) is 14.8 Å². The number of fused-ring (bicyclic) bond motifs is 1. The minimum absolute atomic E-state index is 0.224. The zero-order valence-electron chi connectivity index (χ0n) is 10.8. The van der Waals surface area contributed by atoms with Gasteiger partial charge in [0, 0.05) is 12.1 Å². The molecule has 2 aromatic heterocycles. The normalized spacial score (nSPS) is 10.9. The lowest BCUT2D eigenvalue weighted by Crippen LogP contribution is -2.15. The third-order valence-electron chi connectivity index (χ3n) is 2.81. The van der Waals surface area contributed by atoms with Gasteiger partial charge >= 0.3 is 0 Å². The van der Waals surface area contributed by atoms with E-state index in [9.17, 15) is 4.79 Å². The minimum atomic E-state index is -0.224. The standard InChI is InChI=1S/C13H11ClN4OS/c1-7-5-10(18(2)17-7)12(19)16-13-15-9-4-3-8(14)6-11(9)20-13/h3-6H,1-2H3,(H,15,16,19). The summed E-state index contributed by atoms with van der Waals surface area (Å²) in [6.07, 6.45) is 0. The number of carbonyl (C=O) groups excluding carboxylic acids is 1. The van der Waals surface area contributed by atoms with Gasteiger partial charge in [0.1, 0.15) is 5.69 Å². The van der Waals surface area contributed by atoms with Gasteiger partial charge in [0.2, 0.25) is 0 Å². The van der Waals surface area contributed by atoms with Gasteiger partial charge in [0.05, 0.1) is 15.9 Å². The third-order valence-corrected chi connectivity index (χ3v) is 3.97. The van der Waals surface area contributed by atoms with E-state index in [2.05, 4.69) is 15.4 Å². The molecular weight excluding hydrogens is 296 g/mol. The highest BCUT2D eigenvalue weighted by molar-refractivity contribution is 7.22. The van der Waals surface area contributed by atoms with Gasteiger partial charge in [-0.05, 0) is 31.2 Å². The van der Waals surface area contributed by atoms with E-state index in [-0.39, 0.29) is 5.91 Å². The number of carbonyl (C=O) groups is 1. The van der Waals surface area contributed by atoms with Gasteiger partial charge in [0.25, 0.3) is 5.91 Å². The highest BCUT2D eigenvalue weighted by Crippen LogP contribution is 2.28. The highest BCUT2D eigenvalue weighted by atomic mass is 35.5. The van der Waals surface area contributed by atoms with E-state index in [0.29, 0.717) is 15.8 Å². The van der Waals surface area contributed by atoms with Gasteiger partial charge in [-0.25, -0.2) is 4.98 Å². The Kier molecular flexibility index (Phi) is 3.19. The molecule has 0 bridgehead atoms. The van der Waals surface area contributed by atoms with E-state index in [1.807, 2.05) is 19.1 Å². The molecule has 0 aliphatic rings. The van der Waals surface area contributed by atoms with Crippen LogP contribution in [-0.2, 0) is 7.05 Å². The maximum absolute atomic E-state index is 12.2. The molecule has 3 aromatic rings. The zero-order chi connectivity index (χ0) is 14.3. The molecule has 0 fully saturated rings. The summed E-state index contributed by atoms with van der Waals surface area (Å²) in [5, 5.41) is 8.14. The molecule has 7 heteroatoms. The second kappa shape index (κ2) is 4.88. The van der Waals surface area contributed by atoms with E-state index in [0.717, 1.165) is 15.9 Å². The molecule has 5 nitrogen and oxygen atoms in total. The maximum Gasteiger partial charge on any atom is 0.275 e. The molecule has 102 valence electrons. The fourth-order valence-electron chi connectivity index (χ4n) is 1.94. The van der Waals surface area contributed by atoms with Gasteiger partial charge in [-0.2, -0.15) is 5.10 Å². The summed E-state index contributed by atoms with van der Waals surface area (Å²) in [5.74, 6) is -0.224. The number of amides is 1. The van der Waals surface area contributed by atoms with Crippen molar-refractivity contribution >= 4 is 44.2 Å². The van der Waals surface area contributed by atoms with Crippen LogP contribution in [0.5, 0.6) is 0 Å². The molecule has 0 atom stereocenters. The molecule has 0 radical (unpaired) electrons. The molecule has 0 spiro atoms. The summed E-state index contributed by atoms with van der Waals surface area (Å²) in [6, 6.07) is 7.18. The van der Waals surface area contributed by atoms with Crippen molar-refractivity contribution in [2.24, 2.45) is 7.05 Å². The van der Waals surface area contributed by atoms with Crippen molar-refractivity contribution in [2.75, 3.05) is 5.32 Å². The fourth-order valence-corrected chi connectivity index (χ4v) is 3.07. The summed E-state index contributed by atoms with van der Waals surface area (Å²) in [6.45, 7) is 1.84. The van der Waals surface area contributed by atoms with Crippen molar-refractivity contribution in [3.63, 3.8) is 0 Å². The van der Waals surface area contributed by atoms with E-state index in [4.69, 9.17) is 11.6 Å². The number of anilines is 1. The van der Waals surface area contributed by atoms with Gasteiger partial charge in [0.15, 0.2) is 5.13 Å². The summed E-state index contributed by atoms with van der Waals surface area (Å²) < 4.78 is 2.49. The Bertz CT molecular complexity index is 808. The lowest BCUT2D eigenvalue weighted by Gasteiger charge is -2.00.